The number of terminal acetylenes is 1. The van der Waals surface area contributed by atoms with E-state index in [1.54, 1.807) is 11.9 Å². The molecule has 0 unspecified atom stereocenters. The lowest BCUT2D eigenvalue weighted by atomic mass is 10.1. The van der Waals surface area contributed by atoms with E-state index in [0.29, 0.717) is 25.7 Å². The molecule has 0 aromatic heterocycles. The summed E-state index contributed by atoms with van der Waals surface area (Å²) in [6, 6.07) is 8.22. The lowest BCUT2D eigenvalue weighted by Crippen LogP contribution is -2.50. The quantitative estimate of drug-likeness (QED) is 0.426. The molecular weight excluding hydrogens is 356 g/mol. The number of nitrogens with one attached hydrogen (secondary N) is 2. The maximum atomic E-state index is 11.8. The number of aliphatic imine (C=N–C) groups is 1. The standard InChI is InChI=1S/C21H30N4O3/c1-4-16-28-19-8-6-17(7-9-19)10-13-23-20(22-3)24-18-11-14-25(15-12-18)21(26)27-5-2/h1,6-9,18H,5,10-16H2,2-3H3,(H2,22,23,24). The SMILES string of the molecule is C#CCOc1ccc(CCNC(=NC)NC2CCN(C(=O)OCC)CC2)cc1. The Morgan fingerprint density at radius 1 is 1.32 bits per heavy atom. The van der Waals surface area contributed by atoms with Crippen LogP contribution in [-0.4, -0.2) is 62.9 Å². The first-order valence-corrected chi connectivity index (χ1v) is 9.70. The molecule has 0 atom stereocenters. The number of amides is 1. The highest BCUT2D eigenvalue weighted by Gasteiger charge is 2.23. The molecule has 7 nitrogen and oxygen atoms in total. The third kappa shape index (κ3) is 7.03. The lowest BCUT2D eigenvalue weighted by Gasteiger charge is -2.32. The highest BCUT2D eigenvalue weighted by Crippen LogP contribution is 2.13. The van der Waals surface area contributed by atoms with Crippen molar-refractivity contribution >= 4 is 12.1 Å². The molecule has 152 valence electrons. The minimum Gasteiger partial charge on any atom is -0.481 e. The Hall–Kier alpha value is -2.88. The van der Waals surface area contributed by atoms with Crippen LogP contribution in [0.2, 0.25) is 0 Å². The summed E-state index contributed by atoms with van der Waals surface area (Å²) in [5.74, 6) is 4.01. The molecule has 0 bridgehead atoms. The van der Waals surface area contributed by atoms with Crippen LogP contribution in [0.25, 0.3) is 0 Å². The van der Waals surface area contributed by atoms with Gasteiger partial charge < -0.3 is 25.0 Å². The van der Waals surface area contributed by atoms with Gasteiger partial charge in [0.1, 0.15) is 12.4 Å². The number of piperidine rings is 1. The van der Waals surface area contributed by atoms with Crippen LogP contribution < -0.4 is 15.4 Å². The van der Waals surface area contributed by atoms with Gasteiger partial charge in [-0.25, -0.2) is 4.79 Å². The number of guanidine groups is 1. The van der Waals surface area contributed by atoms with Crippen LogP contribution in [0, 0.1) is 12.3 Å². The van der Waals surface area contributed by atoms with Crippen LogP contribution in [-0.2, 0) is 11.2 Å². The maximum absolute atomic E-state index is 11.8. The molecule has 2 rings (SSSR count). The summed E-state index contributed by atoms with van der Waals surface area (Å²) in [6.07, 6.45) is 7.59. The number of benzene rings is 1. The molecule has 1 heterocycles. The summed E-state index contributed by atoms with van der Waals surface area (Å²) in [5, 5.41) is 6.78. The first-order valence-electron chi connectivity index (χ1n) is 9.70. The summed E-state index contributed by atoms with van der Waals surface area (Å²) >= 11 is 0. The number of ether oxygens (including phenoxy) is 2. The van der Waals surface area contributed by atoms with E-state index in [1.165, 1.54) is 5.56 Å². The minimum atomic E-state index is -0.223. The molecule has 1 aromatic carbocycles. The Labute approximate surface area is 167 Å². The molecular formula is C21H30N4O3. The van der Waals surface area contributed by atoms with Crippen molar-refractivity contribution < 1.29 is 14.3 Å². The van der Waals surface area contributed by atoms with Crippen LogP contribution in [0.1, 0.15) is 25.3 Å². The third-order valence-electron chi connectivity index (χ3n) is 4.54. The summed E-state index contributed by atoms with van der Waals surface area (Å²) < 4.78 is 10.4. The van der Waals surface area contributed by atoms with Crippen molar-refractivity contribution in [1.82, 2.24) is 15.5 Å². The Bertz CT molecular complexity index is 674. The number of carbonyl (C=O) groups is 1. The lowest BCUT2D eigenvalue weighted by molar-refractivity contribution is 0.0963. The van der Waals surface area contributed by atoms with E-state index >= 15 is 0 Å². The number of likely N-dealkylation sites (tertiary alicyclic amines) is 1. The van der Waals surface area contributed by atoms with Gasteiger partial charge in [0, 0.05) is 32.7 Å². The molecule has 0 aliphatic carbocycles. The van der Waals surface area contributed by atoms with E-state index in [4.69, 9.17) is 15.9 Å². The van der Waals surface area contributed by atoms with Crippen molar-refractivity contribution in [2.75, 3.05) is 39.9 Å². The third-order valence-corrected chi connectivity index (χ3v) is 4.54. The molecule has 0 radical (unpaired) electrons. The van der Waals surface area contributed by atoms with Gasteiger partial charge in [0.25, 0.3) is 0 Å². The molecule has 1 aromatic rings. The normalized spacial score (nSPS) is 14.9. The van der Waals surface area contributed by atoms with Gasteiger partial charge in [-0.1, -0.05) is 18.1 Å². The average Bonchev–Trinajstić information content (AvgIpc) is 2.73. The summed E-state index contributed by atoms with van der Waals surface area (Å²) in [6.45, 7) is 4.67. The van der Waals surface area contributed by atoms with Crippen LogP contribution in [0.3, 0.4) is 0 Å². The highest BCUT2D eigenvalue weighted by atomic mass is 16.6. The van der Waals surface area contributed by atoms with Crippen molar-refractivity contribution in [1.29, 1.82) is 0 Å². The number of nitrogens with zero attached hydrogens (tertiary/aromatic N) is 2. The Balaban J connectivity index is 1.69. The van der Waals surface area contributed by atoms with Crippen molar-refractivity contribution in [3.63, 3.8) is 0 Å². The van der Waals surface area contributed by atoms with Crippen molar-refractivity contribution in [2.24, 2.45) is 4.99 Å². The fourth-order valence-electron chi connectivity index (χ4n) is 3.01. The van der Waals surface area contributed by atoms with Gasteiger partial charge in [0.15, 0.2) is 5.96 Å². The number of hydrogen-bond donors (Lipinski definition) is 2. The van der Waals surface area contributed by atoms with Gasteiger partial charge in [0.05, 0.1) is 6.61 Å². The van der Waals surface area contributed by atoms with Crippen molar-refractivity contribution in [3.8, 4) is 18.1 Å². The first kappa shape index (κ1) is 21.4. The second kappa shape index (κ2) is 11.8. The largest absolute Gasteiger partial charge is 0.481 e. The minimum absolute atomic E-state index is 0.223. The van der Waals surface area contributed by atoms with Gasteiger partial charge in [-0.15, -0.1) is 6.42 Å². The van der Waals surface area contributed by atoms with Crippen molar-refractivity contribution in [2.45, 2.75) is 32.2 Å². The fourth-order valence-corrected chi connectivity index (χ4v) is 3.01. The van der Waals surface area contributed by atoms with Gasteiger partial charge in [-0.2, -0.15) is 0 Å². The Morgan fingerprint density at radius 2 is 2.04 bits per heavy atom. The number of rotatable bonds is 7. The van der Waals surface area contributed by atoms with Crippen LogP contribution in [0.5, 0.6) is 5.75 Å². The smallest absolute Gasteiger partial charge is 0.409 e. The Kier molecular flexibility index (Phi) is 8.99. The molecule has 0 saturated carbocycles. The molecule has 1 aliphatic heterocycles. The van der Waals surface area contributed by atoms with E-state index in [9.17, 15) is 4.79 Å². The fraction of sp³-hybridized carbons (Fsp3) is 0.524. The molecule has 1 amide bonds. The predicted octanol–water partition coefficient (Wildman–Crippen LogP) is 2.03. The van der Waals surface area contributed by atoms with Crippen LogP contribution in [0.15, 0.2) is 29.3 Å². The number of hydrogen-bond acceptors (Lipinski definition) is 4. The molecule has 1 saturated heterocycles. The zero-order chi connectivity index (χ0) is 20.2. The zero-order valence-corrected chi connectivity index (χ0v) is 16.7. The van der Waals surface area contributed by atoms with Gasteiger partial charge in [0.2, 0.25) is 0 Å². The molecule has 1 fully saturated rings. The van der Waals surface area contributed by atoms with E-state index < -0.39 is 0 Å². The molecule has 28 heavy (non-hydrogen) atoms. The highest BCUT2D eigenvalue weighted by molar-refractivity contribution is 5.80. The van der Waals surface area contributed by atoms with Crippen molar-refractivity contribution in [3.05, 3.63) is 29.8 Å². The van der Waals surface area contributed by atoms with E-state index in [0.717, 1.165) is 37.5 Å². The summed E-state index contributed by atoms with van der Waals surface area (Å²) in [7, 11) is 1.76. The topological polar surface area (TPSA) is 75.2 Å². The van der Waals surface area contributed by atoms with E-state index in [-0.39, 0.29) is 12.7 Å². The molecule has 1 aliphatic rings. The van der Waals surface area contributed by atoms with Gasteiger partial charge in [-0.3, -0.25) is 4.99 Å². The van der Waals surface area contributed by atoms with Gasteiger partial charge in [-0.05, 0) is 43.9 Å². The van der Waals surface area contributed by atoms with Crippen LogP contribution in [0.4, 0.5) is 4.79 Å². The zero-order valence-electron chi connectivity index (χ0n) is 16.7. The molecule has 7 heteroatoms. The second-order valence-electron chi connectivity index (χ2n) is 6.49. The maximum Gasteiger partial charge on any atom is 0.409 e. The monoisotopic (exact) mass is 386 g/mol. The predicted molar refractivity (Wildman–Crippen MR) is 111 cm³/mol. The average molecular weight is 386 g/mol. The van der Waals surface area contributed by atoms with Crippen LogP contribution >= 0.6 is 0 Å². The van der Waals surface area contributed by atoms with E-state index in [2.05, 4.69) is 21.5 Å². The number of carbonyl (C=O) groups excluding carboxylic acids is 1. The summed E-state index contributed by atoms with van der Waals surface area (Å²) in [5.41, 5.74) is 1.21. The molecule has 0 spiro atoms. The second-order valence-corrected chi connectivity index (χ2v) is 6.49. The first-order chi connectivity index (χ1) is 13.7. The summed E-state index contributed by atoms with van der Waals surface area (Å²) in [4.78, 5) is 17.8. The molecule has 2 N–H and O–H groups in total. The Morgan fingerprint density at radius 3 is 2.64 bits per heavy atom. The van der Waals surface area contributed by atoms with E-state index in [1.807, 2.05) is 31.2 Å². The van der Waals surface area contributed by atoms with Gasteiger partial charge >= 0.3 is 6.09 Å².